The van der Waals surface area contributed by atoms with E-state index in [1.54, 1.807) is 24.3 Å². The van der Waals surface area contributed by atoms with E-state index in [-0.39, 0.29) is 17.9 Å². The van der Waals surface area contributed by atoms with Gasteiger partial charge >= 0.3 is 5.97 Å². The second kappa shape index (κ2) is 8.34. The van der Waals surface area contributed by atoms with Crippen molar-refractivity contribution in [3.63, 3.8) is 0 Å². The molecule has 6 nitrogen and oxygen atoms in total. The largest absolute Gasteiger partial charge is 0.481 e. The zero-order valence-electron chi connectivity index (χ0n) is 14.3. The van der Waals surface area contributed by atoms with E-state index in [0.717, 1.165) is 0 Å². The minimum atomic E-state index is -0.829. The average molecular weight is 367 g/mol. The Balaban J connectivity index is 2.00. The first kappa shape index (κ1) is 19.2. The molecule has 1 aliphatic carbocycles. The Morgan fingerprint density at radius 2 is 1.88 bits per heavy atom. The van der Waals surface area contributed by atoms with E-state index in [0.29, 0.717) is 29.8 Å². The molecule has 0 saturated heterocycles. The lowest BCUT2D eigenvalue weighted by Gasteiger charge is -2.24. The fourth-order valence-corrected chi connectivity index (χ4v) is 3.25. The minimum absolute atomic E-state index is 0.122. The molecular weight excluding hydrogens is 344 g/mol. The quantitative estimate of drug-likeness (QED) is 0.720. The van der Waals surface area contributed by atoms with Crippen molar-refractivity contribution in [2.45, 2.75) is 45.2 Å². The molecule has 2 amide bonds. The summed E-state index contributed by atoms with van der Waals surface area (Å²) in [6.07, 6.45) is 1.61. The summed E-state index contributed by atoms with van der Waals surface area (Å²) in [5, 5.41) is 15.0. The third-order valence-corrected chi connectivity index (χ3v) is 4.81. The topological polar surface area (TPSA) is 95.5 Å². The van der Waals surface area contributed by atoms with Gasteiger partial charge in [-0.1, -0.05) is 37.6 Å². The molecule has 1 unspecified atom stereocenters. The number of benzene rings is 1. The van der Waals surface area contributed by atoms with Crippen molar-refractivity contribution in [1.82, 2.24) is 10.6 Å². The number of rotatable bonds is 6. The molecule has 25 heavy (non-hydrogen) atoms. The highest BCUT2D eigenvalue weighted by Crippen LogP contribution is 2.26. The number of amides is 2. The van der Waals surface area contributed by atoms with Gasteiger partial charge in [-0.05, 0) is 37.3 Å². The third-order valence-electron chi connectivity index (χ3n) is 4.48. The molecule has 0 aromatic heterocycles. The standard InChI is InChI=1S/C18H23ClN2O4/c1-10(2)15(21-16(22)13-5-3-4-6-14(13)19)17(23)20-12-8-7-11(9-12)18(24)25/h3-6,10-12,15H,7-9H2,1-2H3,(H,20,23)(H,21,22)(H,24,25)/t11-,12+,15?/m0/s1. The zero-order chi connectivity index (χ0) is 18.6. The minimum Gasteiger partial charge on any atom is -0.481 e. The number of halogens is 1. The molecule has 2 rings (SSSR count). The van der Waals surface area contributed by atoms with Gasteiger partial charge in [0.2, 0.25) is 5.91 Å². The molecule has 0 heterocycles. The molecule has 136 valence electrons. The Kier molecular flexibility index (Phi) is 6.42. The van der Waals surface area contributed by atoms with Crippen LogP contribution in [0, 0.1) is 11.8 Å². The molecule has 3 N–H and O–H groups in total. The summed E-state index contributed by atoms with van der Waals surface area (Å²) >= 11 is 6.03. The molecule has 0 aliphatic heterocycles. The van der Waals surface area contributed by atoms with Crippen molar-refractivity contribution < 1.29 is 19.5 Å². The summed E-state index contributed by atoms with van der Waals surface area (Å²) in [6.45, 7) is 3.68. The van der Waals surface area contributed by atoms with Crippen molar-refractivity contribution in [3.8, 4) is 0 Å². The van der Waals surface area contributed by atoms with Crippen molar-refractivity contribution in [1.29, 1.82) is 0 Å². The number of hydrogen-bond acceptors (Lipinski definition) is 3. The summed E-state index contributed by atoms with van der Waals surface area (Å²) in [5.41, 5.74) is 0.314. The zero-order valence-corrected chi connectivity index (χ0v) is 15.0. The van der Waals surface area contributed by atoms with Crippen molar-refractivity contribution in [2.75, 3.05) is 0 Å². The Morgan fingerprint density at radius 1 is 1.20 bits per heavy atom. The van der Waals surface area contributed by atoms with Crippen LogP contribution in [-0.4, -0.2) is 35.0 Å². The first-order valence-corrected chi connectivity index (χ1v) is 8.76. The lowest BCUT2D eigenvalue weighted by molar-refractivity contribution is -0.141. The SMILES string of the molecule is CC(C)C(NC(=O)c1ccccc1Cl)C(=O)N[C@@H]1CC[C@H](C(=O)O)C1. The summed E-state index contributed by atoms with van der Waals surface area (Å²) in [7, 11) is 0. The first-order chi connectivity index (χ1) is 11.8. The van der Waals surface area contributed by atoms with Crippen LogP contribution in [0.1, 0.15) is 43.5 Å². The first-order valence-electron chi connectivity index (χ1n) is 8.38. The Bertz CT molecular complexity index is 662. The van der Waals surface area contributed by atoms with E-state index in [1.165, 1.54) is 0 Å². The van der Waals surface area contributed by atoms with Gasteiger partial charge in [0.1, 0.15) is 6.04 Å². The maximum atomic E-state index is 12.6. The summed E-state index contributed by atoms with van der Waals surface area (Å²) in [6, 6.07) is 5.76. The van der Waals surface area contributed by atoms with Crippen molar-refractivity contribution in [3.05, 3.63) is 34.9 Å². The summed E-state index contributed by atoms with van der Waals surface area (Å²) in [5.74, 6) is -2.08. The van der Waals surface area contributed by atoms with E-state index >= 15 is 0 Å². The highest BCUT2D eigenvalue weighted by Gasteiger charge is 2.33. The number of hydrogen-bond donors (Lipinski definition) is 3. The van der Waals surface area contributed by atoms with Crippen LogP contribution in [0.15, 0.2) is 24.3 Å². The molecule has 1 aliphatic rings. The number of carboxylic acids is 1. The second-order valence-electron chi connectivity index (χ2n) is 6.73. The molecule has 7 heteroatoms. The number of carbonyl (C=O) groups excluding carboxylic acids is 2. The van der Waals surface area contributed by atoms with Crippen LogP contribution in [0.25, 0.3) is 0 Å². The molecule has 0 spiro atoms. The Morgan fingerprint density at radius 3 is 2.44 bits per heavy atom. The maximum Gasteiger partial charge on any atom is 0.306 e. The smallest absolute Gasteiger partial charge is 0.306 e. The second-order valence-corrected chi connectivity index (χ2v) is 7.14. The van der Waals surface area contributed by atoms with Gasteiger partial charge in [-0.15, -0.1) is 0 Å². The molecule has 1 fully saturated rings. The predicted octanol–water partition coefficient (Wildman–Crippen LogP) is 2.46. The summed E-state index contributed by atoms with van der Waals surface area (Å²) < 4.78 is 0. The van der Waals surface area contributed by atoms with E-state index < -0.39 is 23.8 Å². The van der Waals surface area contributed by atoms with Crippen LogP contribution in [0.2, 0.25) is 5.02 Å². The van der Waals surface area contributed by atoms with E-state index in [2.05, 4.69) is 10.6 Å². The average Bonchev–Trinajstić information content (AvgIpc) is 3.01. The van der Waals surface area contributed by atoms with E-state index in [4.69, 9.17) is 16.7 Å². The van der Waals surface area contributed by atoms with Gasteiger partial charge in [-0.25, -0.2) is 0 Å². The van der Waals surface area contributed by atoms with Gasteiger partial charge in [0.05, 0.1) is 16.5 Å². The molecule has 3 atom stereocenters. The maximum absolute atomic E-state index is 12.6. The highest BCUT2D eigenvalue weighted by molar-refractivity contribution is 6.33. The third kappa shape index (κ3) is 4.95. The molecular formula is C18H23ClN2O4. The molecule has 1 aromatic carbocycles. The van der Waals surface area contributed by atoms with Crippen molar-refractivity contribution in [2.24, 2.45) is 11.8 Å². The highest BCUT2D eigenvalue weighted by atomic mass is 35.5. The Hall–Kier alpha value is -2.08. The van der Waals surface area contributed by atoms with Gasteiger partial charge in [-0.2, -0.15) is 0 Å². The molecule has 0 bridgehead atoms. The van der Waals surface area contributed by atoms with Crippen molar-refractivity contribution >= 4 is 29.4 Å². The number of carbonyl (C=O) groups is 3. The van der Waals surface area contributed by atoms with Crippen LogP contribution in [0.5, 0.6) is 0 Å². The van der Waals surface area contributed by atoms with E-state index in [1.807, 2.05) is 13.8 Å². The number of carboxylic acid groups (broad SMARTS) is 1. The monoisotopic (exact) mass is 366 g/mol. The molecule has 1 aromatic rings. The van der Waals surface area contributed by atoms with Crippen LogP contribution in [0.4, 0.5) is 0 Å². The van der Waals surface area contributed by atoms with Gasteiger partial charge in [0.15, 0.2) is 0 Å². The fraction of sp³-hybridized carbons (Fsp3) is 0.500. The van der Waals surface area contributed by atoms with Gasteiger partial charge in [0.25, 0.3) is 5.91 Å². The van der Waals surface area contributed by atoms with Gasteiger partial charge in [0, 0.05) is 6.04 Å². The lowest BCUT2D eigenvalue weighted by Crippen LogP contribution is -2.51. The summed E-state index contributed by atoms with van der Waals surface area (Å²) in [4.78, 5) is 36.0. The van der Waals surface area contributed by atoms with Crippen LogP contribution >= 0.6 is 11.6 Å². The molecule has 0 radical (unpaired) electrons. The van der Waals surface area contributed by atoms with E-state index in [9.17, 15) is 14.4 Å². The van der Waals surface area contributed by atoms with Gasteiger partial charge < -0.3 is 15.7 Å². The predicted molar refractivity (Wildman–Crippen MR) is 94.5 cm³/mol. The van der Waals surface area contributed by atoms with Crippen LogP contribution in [-0.2, 0) is 9.59 Å². The van der Waals surface area contributed by atoms with Gasteiger partial charge in [-0.3, -0.25) is 14.4 Å². The van der Waals surface area contributed by atoms with Crippen LogP contribution in [0.3, 0.4) is 0 Å². The normalized spacial score (nSPS) is 21.0. The lowest BCUT2D eigenvalue weighted by atomic mass is 10.0. The number of aliphatic carboxylic acids is 1. The van der Waals surface area contributed by atoms with Crippen LogP contribution < -0.4 is 10.6 Å². The number of nitrogens with one attached hydrogen (secondary N) is 2. The fourth-order valence-electron chi connectivity index (χ4n) is 3.03. The Labute approximate surface area is 151 Å². The molecule has 1 saturated carbocycles.